The zero-order chi connectivity index (χ0) is 12.1. The molecule has 1 rings (SSSR count). The van der Waals surface area contributed by atoms with E-state index < -0.39 is 12.4 Å². The first-order valence-corrected chi connectivity index (χ1v) is 5.80. The van der Waals surface area contributed by atoms with Gasteiger partial charge in [0.1, 0.15) is 0 Å². The standard InChI is InChI=1S/C11H20N2O3/c1-9(2)8-12-3-5-13(6-4-12)10(14)7-11(15)16/h9H,3-8H2,1-2H3,(H,15,16). The summed E-state index contributed by atoms with van der Waals surface area (Å²) in [6, 6.07) is 0. The van der Waals surface area contributed by atoms with Gasteiger partial charge in [0, 0.05) is 5.92 Å². The zero-order valence-corrected chi connectivity index (χ0v) is 9.99. The van der Waals surface area contributed by atoms with Crippen molar-refractivity contribution in [3.63, 3.8) is 0 Å². The van der Waals surface area contributed by atoms with Crippen molar-refractivity contribution in [1.82, 2.24) is 4.90 Å². The van der Waals surface area contributed by atoms with Crippen molar-refractivity contribution in [2.24, 2.45) is 5.92 Å². The smallest absolute Gasteiger partial charge is 0.228 e. The SMILES string of the molecule is CC(C)C[NH+]1CCN(C(=O)CC(=O)[O-])CC1. The normalized spacial score (nSPS) is 17.8. The molecule has 16 heavy (non-hydrogen) atoms. The van der Waals surface area contributed by atoms with Crippen LogP contribution in [0.25, 0.3) is 0 Å². The number of piperazine rings is 1. The van der Waals surface area contributed by atoms with Gasteiger partial charge in [-0.2, -0.15) is 0 Å². The molecular weight excluding hydrogens is 208 g/mol. The number of aliphatic carboxylic acids is 1. The number of nitrogens with one attached hydrogen (secondary N) is 1. The van der Waals surface area contributed by atoms with E-state index in [1.54, 1.807) is 4.90 Å². The number of hydrogen-bond donors (Lipinski definition) is 1. The number of quaternary nitrogens is 1. The van der Waals surface area contributed by atoms with Crippen molar-refractivity contribution in [3.05, 3.63) is 0 Å². The summed E-state index contributed by atoms with van der Waals surface area (Å²) in [5.41, 5.74) is 0. The predicted octanol–water partition coefficient (Wildman–Crippen LogP) is -2.49. The van der Waals surface area contributed by atoms with Gasteiger partial charge in [-0.25, -0.2) is 0 Å². The van der Waals surface area contributed by atoms with Gasteiger partial charge in [0.25, 0.3) is 0 Å². The minimum atomic E-state index is -1.29. The zero-order valence-electron chi connectivity index (χ0n) is 9.99. The van der Waals surface area contributed by atoms with E-state index in [1.807, 2.05) is 0 Å². The van der Waals surface area contributed by atoms with Gasteiger partial charge in [-0.05, 0) is 0 Å². The van der Waals surface area contributed by atoms with Gasteiger partial charge in [-0.3, -0.25) is 4.79 Å². The van der Waals surface area contributed by atoms with Crippen LogP contribution in [0, 0.1) is 5.92 Å². The van der Waals surface area contributed by atoms with Gasteiger partial charge in [0.15, 0.2) is 0 Å². The Balaban J connectivity index is 2.31. The topological polar surface area (TPSA) is 64.9 Å². The van der Waals surface area contributed by atoms with Crippen LogP contribution in [0.4, 0.5) is 0 Å². The fourth-order valence-corrected chi connectivity index (χ4v) is 2.09. The van der Waals surface area contributed by atoms with Crippen LogP contribution in [0.3, 0.4) is 0 Å². The molecule has 0 unspecified atom stereocenters. The monoisotopic (exact) mass is 228 g/mol. The highest BCUT2D eigenvalue weighted by Crippen LogP contribution is 1.95. The summed E-state index contributed by atoms with van der Waals surface area (Å²) in [6.07, 6.45) is -0.487. The first-order chi connectivity index (χ1) is 7.49. The molecule has 0 aromatic heterocycles. The largest absolute Gasteiger partial charge is 0.550 e. The lowest BCUT2D eigenvalue weighted by Gasteiger charge is -2.33. The average molecular weight is 228 g/mol. The van der Waals surface area contributed by atoms with Gasteiger partial charge in [0.05, 0.1) is 45.1 Å². The number of amides is 1. The quantitative estimate of drug-likeness (QED) is 0.541. The van der Waals surface area contributed by atoms with Gasteiger partial charge in [-0.1, -0.05) is 13.8 Å². The Morgan fingerprint density at radius 1 is 1.31 bits per heavy atom. The minimum absolute atomic E-state index is 0.316. The Labute approximate surface area is 96.0 Å². The molecule has 1 amide bonds. The highest BCUT2D eigenvalue weighted by atomic mass is 16.4. The van der Waals surface area contributed by atoms with Crippen LogP contribution in [0.5, 0.6) is 0 Å². The lowest BCUT2D eigenvalue weighted by molar-refractivity contribution is -0.907. The van der Waals surface area contributed by atoms with E-state index >= 15 is 0 Å². The molecule has 0 bridgehead atoms. The number of carbonyl (C=O) groups excluding carboxylic acids is 2. The second-order valence-corrected chi connectivity index (χ2v) is 4.78. The Kier molecular flexibility index (Phi) is 4.73. The molecule has 0 spiro atoms. The molecule has 0 saturated carbocycles. The van der Waals surface area contributed by atoms with Crippen molar-refractivity contribution in [2.45, 2.75) is 20.3 Å². The van der Waals surface area contributed by atoms with Crippen LogP contribution in [-0.2, 0) is 9.59 Å². The van der Waals surface area contributed by atoms with Crippen LogP contribution in [0.1, 0.15) is 20.3 Å². The Morgan fingerprint density at radius 2 is 1.88 bits per heavy atom. The highest BCUT2D eigenvalue weighted by molar-refractivity contribution is 5.92. The van der Waals surface area contributed by atoms with Gasteiger partial charge < -0.3 is 19.7 Å². The summed E-state index contributed by atoms with van der Waals surface area (Å²) in [4.78, 5) is 24.8. The summed E-state index contributed by atoms with van der Waals surface area (Å²) in [5.74, 6) is -0.953. The molecule has 1 heterocycles. The van der Waals surface area contributed by atoms with E-state index in [9.17, 15) is 14.7 Å². The van der Waals surface area contributed by atoms with E-state index in [-0.39, 0.29) is 5.91 Å². The Bertz CT molecular complexity index is 258. The van der Waals surface area contributed by atoms with Gasteiger partial charge in [0.2, 0.25) is 5.91 Å². The van der Waals surface area contributed by atoms with Crippen LogP contribution < -0.4 is 10.0 Å². The molecule has 1 N–H and O–H groups in total. The van der Waals surface area contributed by atoms with E-state index in [0.29, 0.717) is 19.0 Å². The fourth-order valence-electron chi connectivity index (χ4n) is 2.09. The molecular formula is C11H20N2O3. The molecule has 0 radical (unpaired) electrons. The molecule has 92 valence electrons. The van der Waals surface area contributed by atoms with Crippen molar-refractivity contribution < 1.29 is 19.6 Å². The summed E-state index contributed by atoms with van der Waals surface area (Å²) >= 11 is 0. The third-order valence-corrected chi connectivity index (χ3v) is 2.82. The number of carboxylic acid groups (broad SMARTS) is 1. The Morgan fingerprint density at radius 3 is 2.31 bits per heavy atom. The summed E-state index contributed by atoms with van der Waals surface area (Å²) in [5, 5.41) is 10.3. The molecule has 5 heteroatoms. The number of hydrogen-bond acceptors (Lipinski definition) is 3. The maximum Gasteiger partial charge on any atom is 0.228 e. The second kappa shape index (κ2) is 5.84. The predicted molar refractivity (Wildman–Crippen MR) is 56.6 cm³/mol. The second-order valence-electron chi connectivity index (χ2n) is 4.78. The van der Waals surface area contributed by atoms with Crippen LogP contribution in [-0.4, -0.2) is 49.5 Å². The fraction of sp³-hybridized carbons (Fsp3) is 0.818. The molecule has 5 nitrogen and oxygen atoms in total. The van der Waals surface area contributed by atoms with Crippen LogP contribution >= 0.6 is 0 Å². The molecule has 1 aliphatic rings. The molecule has 0 aromatic rings. The van der Waals surface area contributed by atoms with Gasteiger partial charge >= 0.3 is 0 Å². The maximum absolute atomic E-state index is 11.4. The molecule has 1 saturated heterocycles. The van der Waals surface area contributed by atoms with Crippen molar-refractivity contribution in [2.75, 3.05) is 32.7 Å². The molecule has 0 aromatic carbocycles. The molecule has 0 aliphatic carbocycles. The lowest BCUT2D eigenvalue weighted by Crippen LogP contribution is -3.15. The number of nitrogens with zero attached hydrogens (tertiary/aromatic N) is 1. The lowest BCUT2D eigenvalue weighted by atomic mass is 10.2. The summed E-state index contributed by atoms with van der Waals surface area (Å²) in [7, 11) is 0. The summed E-state index contributed by atoms with van der Waals surface area (Å²) in [6.45, 7) is 8.63. The molecule has 1 aliphatic heterocycles. The third-order valence-electron chi connectivity index (χ3n) is 2.82. The Hall–Kier alpha value is -1.10. The van der Waals surface area contributed by atoms with E-state index in [4.69, 9.17) is 0 Å². The van der Waals surface area contributed by atoms with Crippen molar-refractivity contribution in [3.8, 4) is 0 Å². The molecule has 1 fully saturated rings. The van der Waals surface area contributed by atoms with Crippen LogP contribution in [0.15, 0.2) is 0 Å². The number of carboxylic acids is 1. The van der Waals surface area contributed by atoms with Crippen LogP contribution in [0.2, 0.25) is 0 Å². The number of rotatable bonds is 4. The third kappa shape index (κ3) is 4.18. The highest BCUT2D eigenvalue weighted by Gasteiger charge is 2.23. The number of carbonyl (C=O) groups is 2. The molecule has 0 atom stereocenters. The van der Waals surface area contributed by atoms with Crippen molar-refractivity contribution in [1.29, 1.82) is 0 Å². The van der Waals surface area contributed by atoms with Crippen molar-refractivity contribution >= 4 is 11.9 Å². The first kappa shape index (κ1) is 13.0. The van der Waals surface area contributed by atoms with E-state index in [1.165, 1.54) is 4.90 Å². The average Bonchev–Trinajstić information content (AvgIpc) is 2.16. The maximum atomic E-state index is 11.4. The summed E-state index contributed by atoms with van der Waals surface area (Å²) < 4.78 is 0. The first-order valence-electron chi connectivity index (χ1n) is 5.80. The van der Waals surface area contributed by atoms with E-state index in [0.717, 1.165) is 19.6 Å². The minimum Gasteiger partial charge on any atom is -0.550 e. The van der Waals surface area contributed by atoms with E-state index in [2.05, 4.69) is 13.8 Å². The van der Waals surface area contributed by atoms with Gasteiger partial charge in [-0.15, -0.1) is 0 Å².